The second kappa shape index (κ2) is 7.43. The van der Waals surface area contributed by atoms with Crippen molar-refractivity contribution in [2.24, 2.45) is 0 Å². The zero-order chi connectivity index (χ0) is 15.2. The van der Waals surface area contributed by atoms with Crippen LogP contribution < -0.4 is 0 Å². The van der Waals surface area contributed by atoms with E-state index in [2.05, 4.69) is 4.74 Å². The van der Waals surface area contributed by atoms with Crippen molar-refractivity contribution in [3.05, 3.63) is 34.9 Å². The largest absolute Gasteiger partial charge is 0.411 e. The SMILES string of the molecule is CCc1ccc(CC)c(C(=O)CCOCC(F)(F)F)c1. The number of Topliss-reactive ketones (excluding diaryl/α,β-unsaturated/α-hetero) is 1. The number of ketones is 1. The molecule has 0 aliphatic carbocycles. The Hall–Kier alpha value is -1.36. The van der Waals surface area contributed by atoms with Crippen LogP contribution in [0.3, 0.4) is 0 Å². The molecule has 0 fully saturated rings. The fraction of sp³-hybridized carbons (Fsp3) is 0.533. The summed E-state index contributed by atoms with van der Waals surface area (Å²) in [7, 11) is 0. The summed E-state index contributed by atoms with van der Waals surface area (Å²) >= 11 is 0. The van der Waals surface area contributed by atoms with E-state index >= 15 is 0 Å². The molecule has 2 nitrogen and oxygen atoms in total. The van der Waals surface area contributed by atoms with Crippen molar-refractivity contribution in [3.8, 4) is 0 Å². The van der Waals surface area contributed by atoms with E-state index in [4.69, 9.17) is 0 Å². The first kappa shape index (κ1) is 16.7. The standard InChI is InChI=1S/C15H19F3O2/c1-3-11-5-6-12(4-2)13(9-11)14(19)7-8-20-10-15(16,17)18/h5-6,9H,3-4,7-8,10H2,1-2H3. The van der Waals surface area contributed by atoms with E-state index in [1.165, 1.54) is 0 Å². The number of carbonyl (C=O) groups excluding carboxylic acids is 1. The Morgan fingerprint density at radius 3 is 2.45 bits per heavy atom. The van der Waals surface area contributed by atoms with Crippen molar-refractivity contribution >= 4 is 5.78 Å². The quantitative estimate of drug-likeness (QED) is 0.560. The molecule has 0 bridgehead atoms. The van der Waals surface area contributed by atoms with Gasteiger partial charge in [-0.25, -0.2) is 0 Å². The minimum absolute atomic E-state index is 0.0315. The van der Waals surface area contributed by atoms with Crippen LogP contribution in [0.5, 0.6) is 0 Å². The molecule has 0 radical (unpaired) electrons. The fourth-order valence-electron chi connectivity index (χ4n) is 1.90. The minimum atomic E-state index is -4.35. The van der Waals surface area contributed by atoms with Crippen LogP contribution >= 0.6 is 0 Å². The summed E-state index contributed by atoms with van der Waals surface area (Å²) in [4.78, 5) is 12.1. The van der Waals surface area contributed by atoms with Gasteiger partial charge in [0, 0.05) is 12.0 Å². The summed E-state index contributed by atoms with van der Waals surface area (Å²) in [6.45, 7) is 2.41. The molecule has 112 valence electrons. The molecular formula is C15H19F3O2. The second-order valence-electron chi connectivity index (χ2n) is 4.54. The molecule has 20 heavy (non-hydrogen) atoms. The van der Waals surface area contributed by atoms with Gasteiger partial charge in [-0.15, -0.1) is 0 Å². The Bertz CT molecular complexity index is 453. The maximum atomic E-state index is 12.1. The Labute approximate surface area is 116 Å². The topological polar surface area (TPSA) is 26.3 Å². The Morgan fingerprint density at radius 1 is 1.20 bits per heavy atom. The molecule has 1 aromatic carbocycles. The summed E-state index contributed by atoms with van der Waals surface area (Å²) in [5, 5.41) is 0. The highest BCUT2D eigenvalue weighted by Gasteiger charge is 2.27. The lowest BCUT2D eigenvalue weighted by molar-refractivity contribution is -0.173. The van der Waals surface area contributed by atoms with Crippen LogP contribution in [0.2, 0.25) is 0 Å². The van der Waals surface area contributed by atoms with E-state index in [1.54, 1.807) is 0 Å². The normalized spacial score (nSPS) is 11.7. The lowest BCUT2D eigenvalue weighted by Gasteiger charge is -2.10. The molecule has 0 N–H and O–H groups in total. The van der Waals surface area contributed by atoms with Crippen LogP contribution in [0.25, 0.3) is 0 Å². The monoisotopic (exact) mass is 288 g/mol. The Balaban J connectivity index is 2.62. The molecule has 1 rings (SSSR count). The molecule has 0 aromatic heterocycles. The molecule has 0 amide bonds. The van der Waals surface area contributed by atoms with Gasteiger partial charge < -0.3 is 4.74 Å². The van der Waals surface area contributed by atoms with Gasteiger partial charge in [-0.3, -0.25) is 4.79 Å². The highest BCUT2D eigenvalue weighted by atomic mass is 19.4. The Morgan fingerprint density at radius 2 is 1.90 bits per heavy atom. The number of ether oxygens (including phenoxy) is 1. The third-order valence-electron chi connectivity index (χ3n) is 3.00. The van der Waals surface area contributed by atoms with Gasteiger partial charge in [0.1, 0.15) is 6.61 Å². The van der Waals surface area contributed by atoms with E-state index in [-0.39, 0.29) is 18.8 Å². The lowest BCUT2D eigenvalue weighted by atomic mass is 9.96. The average Bonchev–Trinajstić information content (AvgIpc) is 2.41. The second-order valence-corrected chi connectivity index (χ2v) is 4.54. The molecule has 0 saturated heterocycles. The highest BCUT2D eigenvalue weighted by molar-refractivity contribution is 5.97. The molecule has 0 unspecified atom stereocenters. The summed E-state index contributed by atoms with van der Waals surface area (Å²) in [6.07, 6.45) is -2.85. The fourth-order valence-corrected chi connectivity index (χ4v) is 1.90. The summed E-state index contributed by atoms with van der Waals surface area (Å²) in [5.74, 6) is -0.167. The van der Waals surface area contributed by atoms with Gasteiger partial charge in [0.15, 0.2) is 5.78 Å². The van der Waals surface area contributed by atoms with Gasteiger partial charge in [0.05, 0.1) is 6.61 Å². The van der Waals surface area contributed by atoms with Crippen LogP contribution in [0.1, 0.15) is 41.8 Å². The smallest absolute Gasteiger partial charge is 0.372 e. The van der Waals surface area contributed by atoms with Gasteiger partial charge in [-0.2, -0.15) is 13.2 Å². The predicted molar refractivity (Wildman–Crippen MR) is 71.0 cm³/mol. The van der Waals surface area contributed by atoms with Crippen molar-refractivity contribution < 1.29 is 22.7 Å². The molecule has 5 heteroatoms. The first-order valence-corrected chi connectivity index (χ1v) is 6.66. The minimum Gasteiger partial charge on any atom is -0.372 e. The maximum absolute atomic E-state index is 12.1. The first-order valence-electron chi connectivity index (χ1n) is 6.66. The number of rotatable bonds is 7. The third kappa shape index (κ3) is 5.33. The number of alkyl halides is 3. The third-order valence-corrected chi connectivity index (χ3v) is 3.00. The van der Waals surface area contributed by atoms with Gasteiger partial charge in [-0.05, 0) is 30.0 Å². The average molecular weight is 288 g/mol. The van der Waals surface area contributed by atoms with E-state index in [1.807, 2.05) is 32.0 Å². The van der Waals surface area contributed by atoms with Crippen molar-refractivity contribution in [1.82, 2.24) is 0 Å². The molecule has 0 aliphatic heterocycles. The molecule has 0 saturated carbocycles. The van der Waals surface area contributed by atoms with E-state index < -0.39 is 12.8 Å². The zero-order valence-corrected chi connectivity index (χ0v) is 11.7. The van der Waals surface area contributed by atoms with Gasteiger partial charge in [0.25, 0.3) is 0 Å². The molecule has 0 heterocycles. The van der Waals surface area contributed by atoms with Crippen LogP contribution in [0, 0.1) is 0 Å². The summed E-state index contributed by atoms with van der Waals surface area (Å²) in [6, 6.07) is 5.70. The van der Waals surface area contributed by atoms with Crippen LogP contribution in [0.4, 0.5) is 13.2 Å². The van der Waals surface area contributed by atoms with Crippen molar-refractivity contribution in [3.63, 3.8) is 0 Å². The number of aryl methyl sites for hydroxylation is 2. The van der Waals surface area contributed by atoms with Gasteiger partial charge in [-0.1, -0.05) is 26.0 Å². The van der Waals surface area contributed by atoms with Crippen LogP contribution in [-0.4, -0.2) is 25.2 Å². The molecule has 0 spiro atoms. The summed E-state index contributed by atoms with van der Waals surface area (Å²) in [5.41, 5.74) is 2.56. The van der Waals surface area contributed by atoms with Gasteiger partial charge >= 0.3 is 6.18 Å². The molecule has 0 aliphatic rings. The van der Waals surface area contributed by atoms with E-state index in [0.29, 0.717) is 12.0 Å². The van der Waals surface area contributed by atoms with Crippen molar-refractivity contribution in [1.29, 1.82) is 0 Å². The van der Waals surface area contributed by atoms with Crippen molar-refractivity contribution in [2.75, 3.05) is 13.2 Å². The number of hydrogen-bond acceptors (Lipinski definition) is 2. The number of benzene rings is 1. The highest BCUT2D eigenvalue weighted by Crippen LogP contribution is 2.17. The first-order chi connectivity index (χ1) is 9.37. The zero-order valence-electron chi connectivity index (χ0n) is 11.7. The van der Waals surface area contributed by atoms with E-state index in [0.717, 1.165) is 17.5 Å². The predicted octanol–water partition coefficient (Wildman–Crippen LogP) is 3.96. The van der Waals surface area contributed by atoms with Crippen molar-refractivity contribution in [2.45, 2.75) is 39.3 Å². The number of carbonyl (C=O) groups is 1. The summed E-state index contributed by atoms with van der Waals surface area (Å²) < 4.78 is 40.2. The van der Waals surface area contributed by atoms with Gasteiger partial charge in [0.2, 0.25) is 0 Å². The maximum Gasteiger partial charge on any atom is 0.411 e. The molecular weight excluding hydrogens is 269 g/mol. The lowest BCUT2D eigenvalue weighted by Crippen LogP contribution is -2.18. The molecule has 0 atom stereocenters. The Kier molecular flexibility index (Phi) is 6.20. The van der Waals surface area contributed by atoms with E-state index in [9.17, 15) is 18.0 Å². The number of hydrogen-bond donors (Lipinski definition) is 0. The molecule has 1 aromatic rings. The van der Waals surface area contributed by atoms with Crippen LogP contribution in [0.15, 0.2) is 18.2 Å². The van der Waals surface area contributed by atoms with Crippen LogP contribution in [-0.2, 0) is 17.6 Å². The number of halogens is 3.